The van der Waals surface area contributed by atoms with E-state index in [9.17, 15) is 9.59 Å². The second-order valence-corrected chi connectivity index (χ2v) is 24.8. The Morgan fingerprint density at radius 2 is 1.56 bits per heavy atom. The van der Waals surface area contributed by atoms with Gasteiger partial charge in [0.05, 0.1) is 19.3 Å². The van der Waals surface area contributed by atoms with Crippen molar-refractivity contribution in [3.63, 3.8) is 0 Å². The van der Waals surface area contributed by atoms with Gasteiger partial charge in [0.15, 0.2) is 16.6 Å². The molecule has 1 saturated carbocycles. The van der Waals surface area contributed by atoms with Crippen LogP contribution in [0.15, 0.2) is 24.3 Å². The molecule has 4 atom stereocenters. The predicted octanol–water partition coefficient (Wildman–Crippen LogP) is 9.79. The summed E-state index contributed by atoms with van der Waals surface area (Å²) >= 11 is 0. The highest BCUT2D eigenvalue weighted by atomic mass is 28.4. The normalized spacial score (nSPS) is 21.5. The lowest BCUT2D eigenvalue weighted by Crippen LogP contribution is -2.45. The second kappa shape index (κ2) is 16.2. The van der Waals surface area contributed by atoms with Crippen LogP contribution < -0.4 is 0 Å². The molecule has 0 heterocycles. The Labute approximate surface area is 255 Å². The smallest absolute Gasteiger partial charge is 0.305 e. The second-order valence-electron chi connectivity index (χ2n) is 15.3. The first-order chi connectivity index (χ1) is 18.8. The molecule has 1 aliphatic rings. The molecular weight excluding hydrogens is 545 g/mol. The molecule has 7 heteroatoms. The SMILES string of the molecule is C=C(CCCCC(=O)OC)C[C@H]1C(=O)C[C@@H](O[Si](C)(C)C(C)(C)C)[C@@H]1/C=C/[C@H](CCCCC)O[Si](C)(C)C(C)(C)C. The lowest BCUT2D eigenvalue weighted by Gasteiger charge is -2.40. The van der Waals surface area contributed by atoms with Crippen LogP contribution in [0.2, 0.25) is 36.3 Å². The molecule has 0 spiro atoms. The Kier molecular flexibility index (Phi) is 15.0. The fourth-order valence-corrected chi connectivity index (χ4v) is 7.56. The number of methoxy groups -OCH3 is 1. The lowest BCUT2D eigenvalue weighted by atomic mass is 9.86. The van der Waals surface area contributed by atoms with Crippen LogP contribution in [0.3, 0.4) is 0 Å². The average Bonchev–Trinajstić information content (AvgIpc) is 3.11. The maximum Gasteiger partial charge on any atom is 0.305 e. The Morgan fingerprint density at radius 3 is 2.10 bits per heavy atom. The van der Waals surface area contributed by atoms with Crippen molar-refractivity contribution < 1.29 is 23.2 Å². The summed E-state index contributed by atoms with van der Waals surface area (Å²) in [6.07, 6.45) is 13.0. The first kappa shape index (κ1) is 38.0. The summed E-state index contributed by atoms with van der Waals surface area (Å²) in [6.45, 7) is 29.4. The van der Waals surface area contributed by atoms with Crippen molar-refractivity contribution in [3.8, 4) is 0 Å². The van der Waals surface area contributed by atoms with Crippen molar-refractivity contribution >= 4 is 28.4 Å². The molecular formula is C34H64O5Si2. The van der Waals surface area contributed by atoms with Crippen molar-refractivity contribution in [2.75, 3.05) is 7.11 Å². The monoisotopic (exact) mass is 608 g/mol. The number of rotatable bonds is 17. The molecule has 0 radical (unpaired) electrons. The third-order valence-corrected chi connectivity index (χ3v) is 18.8. The van der Waals surface area contributed by atoms with Crippen LogP contribution in [0.4, 0.5) is 0 Å². The fourth-order valence-electron chi connectivity index (χ4n) is 4.90. The van der Waals surface area contributed by atoms with Crippen LogP contribution in [-0.4, -0.2) is 47.7 Å². The maximum absolute atomic E-state index is 13.5. The average molecular weight is 609 g/mol. The molecule has 1 fully saturated rings. The van der Waals surface area contributed by atoms with Crippen LogP contribution in [0, 0.1) is 11.8 Å². The van der Waals surface area contributed by atoms with Gasteiger partial charge >= 0.3 is 5.97 Å². The number of unbranched alkanes of at least 4 members (excludes halogenated alkanes) is 3. The van der Waals surface area contributed by atoms with E-state index >= 15 is 0 Å². The number of carbonyl (C=O) groups excluding carboxylic acids is 2. The summed E-state index contributed by atoms with van der Waals surface area (Å²) in [6, 6.07) is 0. The summed E-state index contributed by atoms with van der Waals surface area (Å²) in [4.78, 5) is 25.0. The topological polar surface area (TPSA) is 61.8 Å². The number of allylic oxidation sites excluding steroid dienone is 1. The number of esters is 1. The number of ketones is 1. The molecule has 0 bridgehead atoms. The van der Waals surface area contributed by atoms with E-state index in [4.69, 9.17) is 13.6 Å². The molecule has 0 unspecified atom stereocenters. The number of hydrogen-bond donors (Lipinski definition) is 0. The fraction of sp³-hybridized carbons (Fsp3) is 0.824. The summed E-state index contributed by atoms with van der Waals surface area (Å²) in [5.74, 6) is -0.00356. The minimum Gasteiger partial charge on any atom is -0.469 e. The minimum atomic E-state index is -2.07. The molecule has 5 nitrogen and oxygen atoms in total. The summed E-state index contributed by atoms with van der Waals surface area (Å²) < 4.78 is 18.6. The number of ether oxygens (including phenoxy) is 1. The van der Waals surface area contributed by atoms with Crippen molar-refractivity contribution in [2.45, 2.75) is 161 Å². The van der Waals surface area contributed by atoms with Gasteiger partial charge in [0.25, 0.3) is 0 Å². The van der Waals surface area contributed by atoms with Gasteiger partial charge in [-0.3, -0.25) is 9.59 Å². The Balaban J connectivity index is 3.23. The van der Waals surface area contributed by atoms with Crippen molar-refractivity contribution in [3.05, 3.63) is 24.3 Å². The molecule has 0 aromatic heterocycles. The van der Waals surface area contributed by atoms with Crippen LogP contribution >= 0.6 is 0 Å². The summed E-state index contributed by atoms with van der Waals surface area (Å²) in [7, 11) is -2.61. The zero-order chi connectivity index (χ0) is 31.6. The molecule has 1 rings (SSSR count). The summed E-state index contributed by atoms with van der Waals surface area (Å²) in [5.41, 5.74) is 1.08. The van der Waals surface area contributed by atoms with Gasteiger partial charge in [-0.2, -0.15) is 0 Å². The summed E-state index contributed by atoms with van der Waals surface area (Å²) in [5, 5.41) is 0.203. The third kappa shape index (κ3) is 12.2. The third-order valence-electron chi connectivity index (χ3n) is 9.75. The molecule has 0 saturated heterocycles. The van der Waals surface area contributed by atoms with E-state index in [0.717, 1.165) is 37.7 Å². The van der Waals surface area contributed by atoms with Gasteiger partial charge in [0.1, 0.15) is 5.78 Å². The van der Waals surface area contributed by atoms with E-state index in [2.05, 4.69) is 93.4 Å². The molecule has 1 aliphatic carbocycles. The van der Waals surface area contributed by atoms with E-state index < -0.39 is 16.6 Å². The first-order valence-electron chi connectivity index (χ1n) is 16.1. The molecule has 0 N–H and O–H groups in total. The number of hydrogen-bond acceptors (Lipinski definition) is 5. The largest absolute Gasteiger partial charge is 0.469 e. The quantitative estimate of drug-likeness (QED) is 0.0712. The molecule has 41 heavy (non-hydrogen) atoms. The highest BCUT2D eigenvalue weighted by Gasteiger charge is 2.47. The Hall–Kier alpha value is -1.03. The molecule has 0 aromatic rings. The lowest BCUT2D eigenvalue weighted by molar-refractivity contribution is -0.140. The van der Waals surface area contributed by atoms with Gasteiger partial charge in [0, 0.05) is 24.7 Å². The van der Waals surface area contributed by atoms with E-state index in [0.29, 0.717) is 19.3 Å². The predicted molar refractivity (Wildman–Crippen MR) is 178 cm³/mol. The van der Waals surface area contributed by atoms with E-state index in [1.165, 1.54) is 20.0 Å². The van der Waals surface area contributed by atoms with Gasteiger partial charge < -0.3 is 13.6 Å². The van der Waals surface area contributed by atoms with Crippen LogP contribution in [0.25, 0.3) is 0 Å². The van der Waals surface area contributed by atoms with Crippen molar-refractivity contribution in [1.29, 1.82) is 0 Å². The number of carbonyl (C=O) groups is 2. The van der Waals surface area contributed by atoms with Crippen LogP contribution in [0.1, 0.15) is 113 Å². The Bertz CT molecular complexity index is 879. The zero-order valence-corrected chi connectivity index (χ0v) is 30.8. The van der Waals surface area contributed by atoms with Crippen molar-refractivity contribution in [2.24, 2.45) is 11.8 Å². The molecule has 0 aliphatic heterocycles. The van der Waals surface area contributed by atoms with Gasteiger partial charge in [-0.15, -0.1) is 0 Å². The van der Waals surface area contributed by atoms with E-state index in [1.807, 2.05) is 0 Å². The highest BCUT2D eigenvalue weighted by molar-refractivity contribution is 6.74. The minimum absolute atomic E-state index is 0.0140. The van der Waals surface area contributed by atoms with Gasteiger partial charge in [-0.1, -0.05) is 92.0 Å². The first-order valence-corrected chi connectivity index (χ1v) is 21.9. The van der Waals surface area contributed by atoms with Gasteiger partial charge in [-0.25, -0.2) is 0 Å². The van der Waals surface area contributed by atoms with Gasteiger partial charge in [-0.05, 0) is 68.4 Å². The number of Topliss-reactive ketones (excluding diaryl/α,β-unsaturated/α-hetero) is 1. The zero-order valence-electron chi connectivity index (χ0n) is 28.8. The van der Waals surface area contributed by atoms with Gasteiger partial charge in [0.2, 0.25) is 0 Å². The Morgan fingerprint density at radius 1 is 0.976 bits per heavy atom. The molecule has 238 valence electrons. The molecule has 0 amide bonds. The van der Waals surface area contributed by atoms with E-state index in [-0.39, 0.29) is 45.9 Å². The maximum atomic E-state index is 13.5. The highest BCUT2D eigenvalue weighted by Crippen LogP contribution is 2.44. The molecule has 0 aromatic carbocycles. The standard InChI is InChI=1S/C34H64O5Si2/c1-14-15-16-20-27(38-40(10,11)33(3,4)5)22-23-28-29(24-26(2)19-17-18-21-32(36)37-9)30(35)25-31(28)39-41(12,13)34(6,7)8/h22-23,27-29,31H,2,14-21,24-25H2,1,3-13H3/b23-22+/t27-,28+,29+,31+/m0/s1. The van der Waals surface area contributed by atoms with Crippen LogP contribution in [-0.2, 0) is 23.2 Å². The van der Waals surface area contributed by atoms with Crippen molar-refractivity contribution in [1.82, 2.24) is 0 Å². The van der Waals surface area contributed by atoms with E-state index in [1.54, 1.807) is 0 Å². The van der Waals surface area contributed by atoms with Crippen LogP contribution in [0.5, 0.6) is 0 Å².